The number of rotatable bonds is 6. The highest BCUT2D eigenvalue weighted by molar-refractivity contribution is 6.30. The first kappa shape index (κ1) is 33.5. The van der Waals surface area contributed by atoms with Crippen molar-refractivity contribution in [2.45, 2.75) is 76.9 Å². The van der Waals surface area contributed by atoms with Gasteiger partial charge in [0.25, 0.3) is 0 Å². The van der Waals surface area contributed by atoms with E-state index in [0.29, 0.717) is 59.7 Å². The Hall–Kier alpha value is -3.82. The lowest BCUT2D eigenvalue weighted by Gasteiger charge is -2.45. The lowest BCUT2D eigenvalue weighted by Crippen LogP contribution is -2.59. The molecule has 5 rings (SSSR count). The van der Waals surface area contributed by atoms with Crippen LogP contribution in [-0.4, -0.2) is 63.6 Å². The maximum Gasteiger partial charge on any atom is 0.407 e. The number of benzene rings is 2. The summed E-state index contributed by atoms with van der Waals surface area (Å²) in [5.41, 5.74) is 0.800. The minimum atomic E-state index is -1.07. The van der Waals surface area contributed by atoms with E-state index in [2.05, 4.69) is 26.1 Å². The molecule has 0 bridgehead atoms. The van der Waals surface area contributed by atoms with E-state index >= 15 is 0 Å². The molecule has 0 unspecified atom stereocenters. The number of amidine groups is 1. The van der Waals surface area contributed by atoms with Crippen LogP contribution in [-0.2, 0) is 16.5 Å². The smallest absolute Gasteiger partial charge is 0.407 e. The topological polar surface area (TPSA) is 107 Å². The zero-order valence-electron chi connectivity index (χ0n) is 27.1. The fourth-order valence-electron chi connectivity index (χ4n) is 6.33. The Kier molecular flexibility index (Phi) is 9.30. The van der Waals surface area contributed by atoms with Crippen LogP contribution in [0.3, 0.4) is 0 Å². The molecule has 46 heavy (non-hydrogen) atoms. The first-order valence-electron chi connectivity index (χ1n) is 15.5. The summed E-state index contributed by atoms with van der Waals surface area (Å²) in [5.74, 6) is 0.985. The molecule has 1 aromatic heterocycles. The normalized spacial score (nSPS) is 22.0. The number of pyridine rings is 1. The number of nitrogens with zero attached hydrogens (tertiary/aromatic N) is 4. The third kappa shape index (κ3) is 6.15. The Morgan fingerprint density at radius 3 is 2.09 bits per heavy atom. The third-order valence-electron chi connectivity index (χ3n) is 9.22. The van der Waals surface area contributed by atoms with Crippen LogP contribution in [0, 0.1) is 0 Å². The Morgan fingerprint density at radius 2 is 1.57 bits per heavy atom. The number of nitrogens with one attached hydrogen (secondary N) is 1. The molecule has 3 heterocycles. The van der Waals surface area contributed by atoms with Crippen LogP contribution in [0.15, 0.2) is 65.8 Å². The first-order chi connectivity index (χ1) is 21.7. The molecular weight excluding hydrogens is 625 g/mol. The summed E-state index contributed by atoms with van der Waals surface area (Å²) >= 11 is 12.7. The number of carbonyl (C=O) groups excluding carboxylic acids is 1. The number of likely N-dealkylation sites (tertiary alicyclic amines) is 1. The zero-order chi connectivity index (χ0) is 33.4. The number of hydrogen-bond acceptors (Lipinski definition) is 5. The lowest BCUT2D eigenvalue weighted by atomic mass is 9.71. The molecule has 0 spiro atoms. The maximum absolute atomic E-state index is 14.7. The molecule has 9 nitrogen and oxygen atoms in total. The van der Waals surface area contributed by atoms with Crippen LogP contribution in [0.2, 0.25) is 10.0 Å². The average Bonchev–Trinajstić information content (AvgIpc) is 3.25. The van der Waals surface area contributed by atoms with Crippen LogP contribution in [0.5, 0.6) is 5.75 Å². The van der Waals surface area contributed by atoms with Gasteiger partial charge in [0.2, 0.25) is 0 Å². The molecule has 244 valence electrons. The van der Waals surface area contributed by atoms with E-state index < -0.39 is 17.2 Å². The Labute approximate surface area is 280 Å². The van der Waals surface area contributed by atoms with E-state index in [-0.39, 0.29) is 17.5 Å². The standard InChI is InChI=1S/C35H41Cl2N5O4/c1-7-46-28-20-29(33(2,3)4)38-21-27(28)30-40-34(5,22-8-12-24(36)13-9-22)35(6,23-10-14-25(37)15-11-23)42(30)31(43)39-26-16-18-41(19-17-26)32(44)45/h8-15,20-21,26H,7,16-19H2,1-6H3,(H,39,43)(H,44,45)/t34-,35+/m0/s1. The molecule has 2 atom stereocenters. The molecular formula is C35H41Cl2N5O4. The monoisotopic (exact) mass is 665 g/mol. The van der Waals surface area contributed by atoms with Gasteiger partial charge in [-0.25, -0.2) is 9.59 Å². The number of carboxylic acid groups (broad SMARTS) is 1. The van der Waals surface area contributed by atoms with E-state index in [4.69, 9.17) is 37.9 Å². The van der Waals surface area contributed by atoms with E-state index in [0.717, 1.165) is 16.8 Å². The molecule has 2 aromatic carbocycles. The number of urea groups is 1. The molecule has 1 saturated heterocycles. The highest BCUT2D eigenvalue weighted by Gasteiger charge is 2.60. The summed E-state index contributed by atoms with van der Waals surface area (Å²) in [6.07, 6.45) is 1.78. The SMILES string of the molecule is CCOc1cc(C(C)(C)C)ncc1C1=N[C@@](C)(c2ccc(Cl)cc2)[C@@](C)(c2ccc(Cl)cc2)N1C(=O)NC1CCN(C(=O)O)CC1. The predicted molar refractivity (Wildman–Crippen MR) is 181 cm³/mol. The molecule has 11 heteroatoms. The highest BCUT2D eigenvalue weighted by Crippen LogP contribution is 2.53. The average molecular weight is 667 g/mol. The predicted octanol–water partition coefficient (Wildman–Crippen LogP) is 7.83. The van der Waals surface area contributed by atoms with Crippen molar-refractivity contribution in [2.75, 3.05) is 19.7 Å². The van der Waals surface area contributed by atoms with Crippen molar-refractivity contribution >= 4 is 41.2 Å². The van der Waals surface area contributed by atoms with E-state index in [1.54, 1.807) is 11.1 Å². The summed E-state index contributed by atoms with van der Waals surface area (Å²) in [7, 11) is 0. The van der Waals surface area contributed by atoms with Crippen LogP contribution in [0.4, 0.5) is 9.59 Å². The van der Waals surface area contributed by atoms with Crippen molar-refractivity contribution in [1.82, 2.24) is 20.1 Å². The van der Waals surface area contributed by atoms with Gasteiger partial charge in [-0.15, -0.1) is 0 Å². The van der Waals surface area contributed by atoms with Gasteiger partial charge < -0.3 is 20.1 Å². The van der Waals surface area contributed by atoms with Gasteiger partial charge in [-0.2, -0.15) is 0 Å². The minimum absolute atomic E-state index is 0.228. The van der Waals surface area contributed by atoms with Crippen molar-refractivity contribution in [3.05, 3.63) is 93.2 Å². The Bertz CT molecular complexity index is 1630. The molecule has 3 aromatic rings. The van der Waals surface area contributed by atoms with E-state index in [1.165, 1.54) is 4.90 Å². The molecule has 0 radical (unpaired) electrons. The second-order valence-corrected chi connectivity index (χ2v) is 14.0. The fraction of sp³-hybridized carbons (Fsp3) is 0.429. The van der Waals surface area contributed by atoms with Gasteiger partial charge in [0.05, 0.1) is 12.2 Å². The lowest BCUT2D eigenvalue weighted by molar-refractivity contribution is 0.119. The summed E-state index contributed by atoms with van der Waals surface area (Å²) in [6.45, 7) is 13.3. The van der Waals surface area contributed by atoms with E-state index in [9.17, 15) is 14.7 Å². The van der Waals surface area contributed by atoms with Gasteiger partial charge in [-0.3, -0.25) is 14.9 Å². The molecule has 3 amide bonds. The van der Waals surface area contributed by atoms with Gasteiger partial charge in [-0.1, -0.05) is 68.2 Å². The molecule has 1 fully saturated rings. The van der Waals surface area contributed by atoms with Crippen LogP contribution < -0.4 is 10.1 Å². The molecule has 2 aliphatic rings. The van der Waals surface area contributed by atoms with Gasteiger partial charge in [0, 0.05) is 52.5 Å². The van der Waals surface area contributed by atoms with Crippen molar-refractivity contribution in [1.29, 1.82) is 0 Å². The summed E-state index contributed by atoms with van der Waals surface area (Å²) in [5, 5.41) is 13.8. The Balaban J connectivity index is 1.71. The summed E-state index contributed by atoms with van der Waals surface area (Å²) in [6, 6.07) is 16.3. The van der Waals surface area contributed by atoms with Crippen molar-refractivity contribution < 1.29 is 19.4 Å². The molecule has 2 aliphatic heterocycles. The highest BCUT2D eigenvalue weighted by atomic mass is 35.5. The van der Waals surface area contributed by atoms with Crippen molar-refractivity contribution in [3.63, 3.8) is 0 Å². The molecule has 0 saturated carbocycles. The van der Waals surface area contributed by atoms with Gasteiger partial charge in [0.15, 0.2) is 0 Å². The number of aromatic nitrogens is 1. The Morgan fingerprint density at radius 1 is 1.00 bits per heavy atom. The number of hydrogen-bond donors (Lipinski definition) is 2. The second-order valence-electron chi connectivity index (χ2n) is 13.2. The van der Waals surface area contributed by atoms with Crippen LogP contribution in [0.25, 0.3) is 0 Å². The zero-order valence-corrected chi connectivity index (χ0v) is 28.6. The summed E-state index contributed by atoms with van der Waals surface area (Å²) < 4.78 is 6.20. The summed E-state index contributed by atoms with van der Waals surface area (Å²) in [4.78, 5) is 39.6. The fourth-order valence-corrected chi connectivity index (χ4v) is 6.58. The second kappa shape index (κ2) is 12.8. The van der Waals surface area contributed by atoms with Crippen LogP contribution >= 0.6 is 23.2 Å². The van der Waals surface area contributed by atoms with Gasteiger partial charge in [0.1, 0.15) is 22.7 Å². The quantitative estimate of drug-likeness (QED) is 0.279. The van der Waals surface area contributed by atoms with Crippen LogP contribution in [0.1, 0.15) is 76.8 Å². The molecule has 0 aliphatic carbocycles. The van der Waals surface area contributed by atoms with Gasteiger partial charge in [-0.05, 0) is 69.0 Å². The van der Waals surface area contributed by atoms with E-state index in [1.807, 2.05) is 75.4 Å². The maximum atomic E-state index is 14.7. The number of ether oxygens (including phenoxy) is 1. The largest absolute Gasteiger partial charge is 0.493 e. The molecule has 2 N–H and O–H groups in total. The minimum Gasteiger partial charge on any atom is -0.493 e. The van der Waals surface area contributed by atoms with Gasteiger partial charge >= 0.3 is 12.1 Å². The number of aliphatic imine (C=N–C) groups is 1. The number of halogens is 2. The number of carbonyl (C=O) groups is 2. The van der Waals surface area contributed by atoms with Crippen molar-refractivity contribution in [3.8, 4) is 5.75 Å². The number of piperidine rings is 1. The number of amides is 3. The third-order valence-corrected chi connectivity index (χ3v) is 9.72. The van der Waals surface area contributed by atoms with Crippen molar-refractivity contribution in [2.24, 2.45) is 4.99 Å². The first-order valence-corrected chi connectivity index (χ1v) is 16.3.